The van der Waals surface area contributed by atoms with Crippen molar-refractivity contribution in [1.82, 2.24) is 0 Å². The second-order valence-corrected chi connectivity index (χ2v) is 5.44. The van der Waals surface area contributed by atoms with Crippen LogP contribution in [-0.2, 0) is 13.0 Å². The van der Waals surface area contributed by atoms with Crippen molar-refractivity contribution in [3.05, 3.63) is 62.6 Å². The van der Waals surface area contributed by atoms with E-state index in [0.717, 1.165) is 12.1 Å². The van der Waals surface area contributed by atoms with Gasteiger partial charge >= 0.3 is 0 Å². The van der Waals surface area contributed by atoms with Crippen molar-refractivity contribution in [1.29, 1.82) is 0 Å². The molecule has 0 bridgehead atoms. The van der Waals surface area contributed by atoms with Gasteiger partial charge in [0, 0.05) is 6.54 Å². The summed E-state index contributed by atoms with van der Waals surface area (Å²) in [5.41, 5.74) is 3.38. The third-order valence-corrected chi connectivity index (χ3v) is 4.01. The van der Waals surface area contributed by atoms with E-state index >= 15 is 0 Å². The van der Waals surface area contributed by atoms with Crippen molar-refractivity contribution < 1.29 is 0 Å². The number of halogens is 3. The van der Waals surface area contributed by atoms with Gasteiger partial charge in [-0.2, -0.15) is 0 Å². The molecule has 1 nitrogen and oxygen atoms in total. The van der Waals surface area contributed by atoms with E-state index in [9.17, 15) is 0 Å². The summed E-state index contributed by atoms with van der Waals surface area (Å²) < 4.78 is 0. The SMILES string of the molecule is CCc1ccccc1CNc1cc(Cl)c(Cl)cc1Cl. The molecule has 19 heavy (non-hydrogen) atoms. The van der Waals surface area contributed by atoms with Gasteiger partial charge in [0.2, 0.25) is 0 Å². The predicted octanol–water partition coefficient (Wildman–Crippen LogP) is 5.82. The average Bonchev–Trinajstić information content (AvgIpc) is 2.41. The molecule has 0 aromatic heterocycles. The molecule has 0 saturated carbocycles. The normalized spacial score (nSPS) is 10.5. The summed E-state index contributed by atoms with van der Waals surface area (Å²) in [5, 5.41) is 4.83. The maximum absolute atomic E-state index is 6.14. The van der Waals surface area contributed by atoms with Crippen LogP contribution in [0.3, 0.4) is 0 Å². The first-order valence-corrected chi connectivity index (χ1v) is 7.20. The molecule has 0 fully saturated rings. The largest absolute Gasteiger partial charge is 0.380 e. The van der Waals surface area contributed by atoms with E-state index in [4.69, 9.17) is 34.8 Å². The summed E-state index contributed by atoms with van der Waals surface area (Å²) in [6, 6.07) is 11.7. The van der Waals surface area contributed by atoms with Crippen LogP contribution in [0, 0.1) is 0 Å². The maximum Gasteiger partial charge on any atom is 0.0653 e. The zero-order chi connectivity index (χ0) is 13.8. The van der Waals surface area contributed by atoms with Gasteiger partial charge in [0.05, 0.1) is 20.8 Å². The fraction of sp³-hybridized carbons (Fsp3) is 0.200. The lowest BCUT2D eigenvalue weighted by atomic mass is 10.1. The van der Waals surface area contributed by atoms with E-state index in [-0.39, 0.29) is 0 Å². The fourth-order valence-corrected chi connectivity index (χ4v) is 2.54. The van der Waals surface area contributed by atoms with E-state index < -0.39 is 0 Å². The van der Waals surface area contributed by atoms with Gasteiger partial charge in [-0.15, -0.1) is 0 Å². The monoisotopic (exact) mass is 313 g/mol. The molecule has 2 rings (SSSR count). The van der Waals surface area contributed by atoms with Crippen LogP contribution in [0.15, 0.2) is 36.4 Å². The van der Waals surface area contributed by atoms with Crippen LogP contribution in [0.4, 0.5) is 5.69 Å². The lowest BCUT2D eigenvalue weighted by Gasteiger charge is -2.12. The Labute approximate surface area is 128 Å². The summed E-state index contributed by atoms with van der Waals surface area (Å²) >= 11 is 18.0. The molecule has 0 radical (unpaired) electrons. The highest BCUT2D eigenvalue weighted by atomic mass is 35.5. The molecule has 0 unspecified atom stereocenters. The van der Waals surface area contributed by atoms with Crippen LogP contribution < -0.4 is 5.32 Å². The highest BCUT2D eigenvalue weighted by Gasteiger charge is 2.06. The first-order valence-electron chi connectivity index (χ1n) is 6.07. The third-order valence-electron chi connectivity index (χ3n) is 2.98. The van der Waals surface area contributed by atoms with Gasteiger partial charge < -0.3 is 5.32 Å². The van der Waals surface area contributed by atoms with Crippen molar-refractivity contribution in [3.63, 3.8) is 0 Å². The smallest absolute Gasteiger partial charge is 0.0653 e. The molecular weight excluding hydrogens is 301 g/mol. The minimum absolute atomic E-state index is 0.464. The van der Waals surface area contributed by atoms with Crippen LogP contribution in [0.25, 0.3) is 0 Å². The summed E-state index contributed by atoms with van der Waals surface area (Å²) in [6.45, 7) is 2.85. The zero-order valence-corrected chi connectivity index (χ0v) is 12.8. The quantitative estimate of drug-likeness (QED) is 0.701. The summed E-state index contributed by atoms with van der Waals surface area (Å²) in [5.74, 6) is 0. The Morgan fingerprint density at radius 3 is 2.21 bits per heavy atom. The number of hydrogen-bond donors (Lipinski definition) is 1. The van der Waals surface area contributed by atoms with Crippen LogP contribution in [0.2, 0.25) is 15.1 Å². The second kappa shape index (κ2) is 6.51. The Morgan fingerprint density at radius 1 is 0.895 bits per heavy atom. The topological polar surface area (TPSA) is 12.0 Å². The average molecular weight is 315 g/mol. The fourth-order valence-electron chi connectivity index (χ4n) is 1.92. The highest BCUT2D eigenvalue weighted by Crippen LogP contribution is 2.32. The van der Waals surface area contributed by atoms with E-state index in [1.165, 1.54) is 11.1 Å². The highest BCUT2D eigenvalue weighted by molar-refractivity contribution is 6.44. The van der Waals surface area contributed by atoms with Gasteiger partial charge in [0.1, 0.15) is 0 Å². The van der Waals surface area contributed by atoms with Crippen LogP contribution >= 0.6 is 34.8 Å². The van der Waals surface area contributed by atoms with Crippen LogP contribution in [0.5, 0.6) is 0 Å². The van der Waals surface area contributed by atoms with Gasteiger partial charge in [-0.05, 0) is 29.7 Å². The number of aryl methyl sites for hydroxylation is 1. The Morgan fingerprint density at radius 2 is 1.53 bits per heavy atom. The molecule has 2 aromatic rings. The molecular formula is C15H14Cl3N. The Hall–Kier alpha value is -0.890. The van der Waals surface area contributed by atoms with Crippen molar-refractivity contribution in [2.24, 2.45) is 0 Å². The Balaban J connectivity index is 2.17. The molecule has 0 aliphatic rings. The van der Waals surface area contributed by atoms with Crippen molar-refractivity contribution in [2.45, 2.75) is 19.9 Å². The van der Waals surface area contributed by atoms with Gasteiger partial charge in [-0.1, -0.05) is 66.0 Å². The first-order chi connectivity index (χ1) is 9.11. The molecule has 4 heteroatoms. The third kappa shape index (κ3) is 3.56. The van der Waals surface area contributed by atoms with Crippen molar-refractivity contribution >= 4 is 40.5 Å². The molecule has 0 spiro atoms. The first kappa shape index (κ1) is 14.5. The van der Waals surface area contributed by atoms with Gasteiger partial charge in [-0.3, -0.25) is 0 Å². The zero-order valence-electron chi connectivity index (χ0n) is 10.5. The Bertz CT molecular complexity index is 582. The molecule has 0 aliphatic heterocycles. The van der Waals surface area contributed by atoms with E-state index in [2.05, 4.69) is 30.4 Å². The van der Waals surface area contributed by atoms with E-state index in [1.807, 2.05) is 6.07 Å². The van der Waals surface area contributed by atoms with Crippen molar-refractivity contribution in [2.75, 3.05) is 5.32 Å². The van der Waals surface area contributed by atoms with Crippen LogP contribution in [0.1, 0.15) is 18.1 Å². The number of benzene rings is 2. The standard InChI is InChI=1S/C15H14Cl3N/c1-2-10-5-3-4-6-11(10)9-19-15-8-13(17)12(16)7-14(15)18/h3-8,19H,2,9H2,1H3. The minimum atomic E-state index is 0.464. The number of rotatable bonds is 4. The number of anilines is 1. The number of nitrogens with one attached hydrogen (secondary N) is 1. The second-order valence-electron chi connectivity index (χ2n) is 4.22. The lowest BCUT2D eigenvalue weighted by Crippen LogP contribution is -2.03. The van der Waals surface area contributed by atoms with Gasteiger partial charge in [0.15, 0.2) is 0 Å². The molecule has 0 amide bonds. The molecule has 100 valence electrons. The molecule has 1 N–H and O–H groups in total. The van der Waals surface area contributed by atoms with Crippen molar-refractivity contribution in [3.8, 4) is 0 Å². The molecule has 0 aliphatic carbocycles. The van der Waals surface area contributed by atoms with Crippen LogP contribution in [-0.4, -0.2) is 0 Å². The summed E-state index contributed by atoms with van der Waals surface area (Å²) in [7, 11) is 0. The number of hydrogen-bond acceptors (Lipinski definition) is 1. The van der Waals surface area contributed by atoms with E-state index in [1.54, 1.807) is 12.1 Å². The molecule has 0 heterocycles. The minimum Gasteiger partial charge on any atom is -0.380 e. The summed E-state index contributed by atoms with van der Waals surface area (Å²) in [4.78, 5) is 0. The lowest BCUT2D eigenvalue weighted by molar-refractivity contribution is 1.04. The molecule has 0 atom stereocenters. The molecule has 0 saturated heterocycles. The summed E-state index contributed by atoms with van der Waals surface area (Å²) in [6.07, 6.45) is 1.01. The van der Waals surface area contributed by atoms with Gasteiger partial charge in [-0.25, -0.2) is 0 Å². The van der Waals surface area contributed by atoms with E-state index in [0.29, 0.717) is 21.6 Å². The Kier molecular flexibility index (Phi) is 4.98. The maximum atomic E-state index is 6.14. The predicted molar refractivity (Wildman–Crippen MR) is 84.6 cm³/mol. The van der Waals surface area contributed by atoms with Gasteiger partial charge in [0.25, 0.3) is 0 Å². The molecule has 2 aromatic carbocycles.